The molecule has 1 fully saturated rings. The topological polar surface area (TPSA) is 74.8 Å². The molecule has 1 amide bonds. The molecule has 1 unspecified atom stereocenters. The zero-order chi connectivity index (χ0) is 21.7. The number of carbonyl (C=O) groups excluding carboxylic acids is 2. The lowest BCUT2D eigenvalue weighted by Gasteiger charge is -2.38. The summed E-state index contributed by atoms with van der Waals surface area (Å²) >= 11 is 6.05. The smallest absolute Gasteiger partial charge is 0.339 e. The van der Waals surface area contributed by atoms with Crippen molar-refractivity contribution in [1.29, 1.82) is 0 Å². The SMILES string of the molecule is CCOC(=O)c1ccc(N2CCN(C(C)C(=O)Nc3cc(Cl)ccc3C)CC2)nc1. The Labute approximate surface area is 182 Å². The Kier molecular flexibility index (Phi) is 7.29. The summed E-state index contributed by atoms with van der Waals surface area (Å²) in [6.07, 6.45) is 1.54. The van der Waals surface area contributed by atoms with Crippen molar-refractivity contribution in [3.63, 3.8) is 0 Å². The second-order valence-corrected chi connectivity index (χ2v) is 7.71. The number of amides is 1. The average Bonchev–Trinajstić information content (AvgIpc) is 2.76. The first-order valence-electron chi connectivity index (χ1n) is 10.1. The minimum absolute atomic E-state index is 0.0502. The van der Waals surface area contributed by atoms with Crippen molar-refractivity contribution in [1.82, 2.24) is 9.88 Å². The number of hydrogen-bond acceptors (Lipinski definition) is 6. The number of esters is 1. The molecule has 8 heteroatoms. The fraction of sp³-hybridized carbons (Fsp3) is 0.409. The largest absolute Gasteiger partial charge is 0.462 e. The first-order valence-corrected chi connectivity index (χ1v) is 10.5. The number of anilines is 2. The Morgan fingerprint density at radius 3 is 2.57 bits per heavy atom. The number of benzene rings is 1. The number of nitrogens with zero attached hydrogens (tertiary/aromatic N) is 3. The van der Waals surface area contributed by atoms with E-state index in [2.05, 4.69) is 20.1 Å². The predicted octanol–water partition coefficient (Wildman–Crippen LogP) is 3.37. The van der Waals surface area contributed by atoms with Gasteiger partial charge in [0.25, 0.3) is 0 Å². The summed E-state index contributed by atoms with van der Waals surface area (Å²) in [6.45, 7) is 8.95. The van der Waals surface area contributed by atoms with Gasteiger partial charge in [0.1, 0.15) is 5.82 Å². The maximum Gasteiger partial charge on any atom is 0.339 e. The van der Waals surface area contributed by atoms with E-state index in [9.17, 15) is 9.59 Å². The summed E-state index contributed by atoms with van der Waals surface area (Å²) in [5, 5.41) is 3.58. The normalized spacial score (nSPS) is 15.5. The monoisotopic (exact) mass is 430 g/mol. The van der Waals surface area contributed by atoms with E-state index >= 15 is 0 Å². The molecule has 7 nitrogen and oxygen atoms in total. The van der Waals surface area contributed by atoms with E-state index in [0.717, 1.165) is 43.2 Å². The van der Waals surface area contributed by atoms with Gasteiger partial charge in [-0.1, -0.05) is 17.7 Å². The molecule has 160 valence electrons. The van der Waals surface area contributed by atoms with Crippen molar-refractivity contribution in [2.45, 2.75) is 26.8 Å². The van der Waals surface area contributed by atoms with Crippen LogP contribution in [0.4, 0.5) is 11.5 Å². The molecule has 0 spiro atoms. The molecule has 2 heterocycles. The first kappa shape index (κ1) is 22.1. The molecule has 2 aromatic rings. The lowest BCUT2D eigenvalue weighted by atomic mass is 10.1. The maximum absolute atomic E-state index is 12.7. The average molecular weight is 431 g/mol. The highest BCUT2D eigenvalue weighted by molar-refractivity contribution is 6.31. The van der Waals surface area contributed by atoms with Crippen molar-refractivity contribution in [3.05, 3.63) is 52.7 Å². The summed E-state index contributed by atoms with van der Waals surface area (Å²) in [5.41, 5.74) is 2.16. The quantitative estimate of drug-likeness (QED) is 0.708. The van der Waals surface area contributed by atoms with E-state index < -0.39 is 0 Å². The van der Waals surface area contributed by atoms with Crippen molar-refractivity contribution < 1.29 is 14.3 Å². The van der Waals surface area contributed by atoms with E-state index in [1.54, 1.807) is 25.3 Å². The van der Waals surface area contributed by atoms with Crippen LogP contribution in [-0.4, -0.2) is 60.6 Å². The van der Waals surface area contributed by atoms with E-state index in [1.165, 1.54) is 0 Å². The number of carbonyl (C=O) groups is 2. The van der Waals surface area contributed by atoms with Gasteiger partial charge in [-0.2, -0.15) is 0 Å². The Morgan fingerprint density at radius 2 is 1.93 bits per heavy atom. The van der Waals surface area contributed by atoms with Crippen LogP contribution in [-0.2, 0) is 9.53 Å². The minimum Gasteiger partial charge on any atom is -0.462 e. The number of ether oxygens (including phenoxy) is 1. The van der Waals surface area contributed by atoms with Crippen LogP contribution in [0.1, 0.15) is 29.8 Å². The van der Waals surface area contributed by atoms with Gasteiger partial charge in [-0.05, 0) is 50.6 Å². The Morgan fingerprint density at radius 1 is 1.20 bits per heavy atom. The van der Waals surface area contributed by atoms with Crippen LogP contribution in [0.2, 0.25) is 5.02 Å². The zero-order valence-electron chi connectivity index (χ0n) is 17.5. The number of hydrogen-bond donors (Lipinski definition) is 1. The van der Waals surface area contributed by atoms with Gasteiger partial charge in [0.05, 0.1) is 18.2 Å². The van der Waals surface area contributed by atoms with Crippen LogP contribution in [0, 0.1) is 6.92 Å². The number of nitrogens with one attached hydrogen (secondary N) is 1. The lowest BCUT2D eigenvalue weighted by Crippen LogP contribution is -2.53. The van der Waals surface area contributed by atoms with Gasteiger partial charge in [-0.25, -0.2) is 9.78 Å². The van der Waals surface area contributed by atoms with E-state index in [-0.39, 0.29) is 17.9 Å². The van der Waals surface area contributed by atoms with Gasteiger partial charge in [0, 0.05) is 43.1 Å². The number of aryl methyl sites for hydroxylation is 1. The second-order valence-electron chi connectivity index (χ2n) is 7.27. The predicted molar refractivity (Wildman–Crippen MR) is 118 cm³/mol. The minimum atomic E-state index is -0.365. The molecule has 0 bridgehead atoms. The Balaban J connectivity index is 1.55. The van der Waals surface area contributed by atoms with Crippen LogP contribution in [0.5, 0.6) is 0 Å². The van der Waals surface area contributed by atoms with Crippen LogP contribution in [0.3, 0.4) is 0 Å². The third kappa shape index (κ3) is 5.29. The van der Waals surface area contributed by atoms with Gasteiger partial charge in [-0.3, -0.25) is 9.69 Å². The van der Waals surface area contributed by atoms with Crippen LogP contribution in [0.15, 0.2) is 36.5 Å². The van der Waals surface area contributed by atoms with Gasteiger partial charge < -0.3 is 15.0 Å². The molecule has 3 rings (SSSR count). The molecule has 1 N–H and O–H groups in total. The zero-order valence-corrected chi connectivity index (χ0v) is 18.3. The fourth-order valence-corrected chi connectivity index (χ4v) is 3.55. The molecule has 1 saturated heterocycles. The van der Waals surface area contributed by atoms with Crippen molar-refractivity contribution in [2.75, 3.05) is 43.0 Å². The highest BCUT2D eigenvalue weighted by Gasteiger charge is 2.26. The number of aromatic nitrogens is 1. The molecule has 0 aliphatic carbocycles. The summed E-state index contributed by atoms with van der Waals surface area (Å²) in [7, 11) is 0. The fourth-order valence-electron chi connectivity index (χ4n) is 3.38. The van der Waals surface area contributed by atoms with E-state index in [0.29, 0.717) is 17.2 Å². The highest BCUT2D eigenvalue weighted by Crippen LogP contribution is 2.21. The molecule has 1 aliphatic rings. The van der Waals surface area contributed by atoms with Crippen molar-refractivity contribution in [2.24, 2.45) is 0 Å². The lowest BCUT2D eigenvalue weighted by molar-refractivity contribution is -0.120. The molecule has 0 radical (unpaired) electrons. The summed E-state index contributed by atoms with van der Waals surface area (Å²) < 4.78 is 4.99. The molecule has 1 atom stereocenters. The first-order chi connectivity index (χ1) is 14.4. The molecule has 1 aromatic heterocycles. The Bertz CT molecular complexity index is 896. The number of pyridine rings is 1. The second kappa shape index (κ2) is 9.91. The van der Waals surface area contributed by atoms with Crippen LogP contribution in [0.25, 0.3) is 0 Å². The number of rotatable bonds is 6. The molecule has 1 aliphatic heterocycles. The molecule has 30 heavy (non-hydrogen) atoms. The van der Waals surface area contributed by atoms with Gasteiger partial charge in [-0.15, -0.1) is 0 Å². The Hall–Kier alpha value is -2.64. The molecule has 1 aromatic carbocycles. The standard InChI is InChI=1S/C22H27ClN4O3/c1-4-30-22(29)17-6-8-20(24-14-17)27-11-9-26(10-12-27)16(3)21(28)25-19-13-18(23)7-5-15(19)2/h5-8,13-14,16H,4,9-12H2,1-3H3,(H,25,28). The van der Waals surface area contributed by atoms with Crippen LogP contribution < -0.4 is 10.2 Å². The molecular weight excluding hydrogens is 404 g/mol. The van der Waals surface area contributed by atoms with E-state index in [1.807, 2.05) is 32.0 Å². The summed E-state index contributed by atoms with van der Waals surface area (Å²) in [6, 6.07) is 8.77. The van der Waals surface area contributed by atoms with E-state index in [4.69, 9.17) is 16.3 Å². The van der Waals surface area contributed by atoms with Gasteiger partial charge in [0.15, 0.2) is 0 Å². The maximum atomic E-state index is 12.7. The molecule has 0 saturated carbocycles. The summed E-state index contributed by atoms with van der Waals surface area (Å²) in [5.74, 6) is 0.399. The van der Waals surface area contributed by atoms with Crippen LogP contribution >= 0.6 is 11.6 Å². The number of halogens is 1. The highest BCUT2D eigenvalue weighted by atomic mass is 35.5. The molecular formula is C22H27ClN4O3. The number of piperazine rings is 1. The third-order valence-corrected chi connectivity index (χ3v) is 5.52. The van der Waals surface area contributed by atoms with Gasteiger partial charge >= 0.3 is 5.97 Å². The van der Waals surface area contributed by atoms with Crippen molar-refractivity contribution in [3.8, 4) is 0 Å². The van der Waals surface area contributed by atoms with Gasteiger partial charge in [0.2, 0.25) is 5.91 Å². The third-order valence-electron chi connectivity index (χ3n) is 5.28. The van der Waals surface area contributed by atoms with Crippen molar-refractivity contribution >= 4 is 35.0 Å². The summed E-state index contributed by atoms with van der Waals surface area (Å²) in [4.78, 5) is 33.2.